The molecule has 0 spiro atoms. The van der Waals surface area contributed by atoms with Gasteiger partial charge in [-0.15, -0.1) is 11.3 Å². The van der Waals surface area contributed by atoms with Crippen molar-refractivity contribution in [2.75, 3.05) is 19.0 Å². The summed E-state index contributed by atoms with van der Waals surface area (Å²) in [5.41, 5.74) is 1.11. The van der Waals surface area contributed by atoms with E-state index in [-0.39, 0.29) is 18.9 Å². The number of rotatable bonds is 6. The fraction of sp³-hybridized carbons (Fsp3) is 0.471. The molecule has 1 aliphatic rings. The van der Waals surface area contributed by atoms with Gasteiger partial charge in [-0.1, -0.05) is 12.2 Å². The quantitative estimate of drug-likeness (QED) is 0.629. The molecule has 1 atom stereocenters. The first-order valence-electron chi connectivity index (χ1n) is 7.72. The smallest absolute Gasteiger partial charge is 0.341 e. The van der Waals surface area contributed by atoms with Crippen molar-refractivity contribution in [1.29, 1.82) is 0 Å². The lowest BCUT2D eigenvalue weighted by Crippen LogP contribution is -2.22. The fourth-order valence-electron chi connectivity index (χ4n) is 2.51. The van der Waals surface area contributed by atoms with Crippen LogP contribution in [0, 0.1) is 19.8 Å². The van der Waals surface area contributed by atoms with E-state index in [4.69, 9.17) is 9.47 Å². The molecule has 0 unspecified atom stereocenters. The highest BCUT2D eigenvalue weighted by molar-refractivity contribution is 7.16. The van der Waals surface area contributed by atoms with Gasteiger partial charge in [0, 0.05) is 4.88 Å². The highest BCUT2D eigenvalue weighted by Gasteiger charge is 2.22. The number of allylic oxidation sites excluding steroid dienone is 2. The molecule has 0 saturated carbocycles. The van der Waals surface area contributed by atoms with Crippen LogP contribution in [0.25, 0.3) is 0 Å². The van der Waals surface area contributed by atoms with Crippen molar-refractivity contribution in [3.63, 3.8) is 0 Å². The Labute approximate surface area is 144 Å². The first-order chi connectivity index (χ1) is 11.4. The molecule has 0 aliphatic heterocycles. The van der Waals surface area contributed by atoms with Crippen LogP contribution < -0.4 is 5.32 Å². The third-order valence-electron chi connectivity index (χ3n) is 3.93. The maximum Gasteiger partial charge on any atom is 0.341 e. The van der Waals surface area contributed by atoms with Gasteiger partial charge in [0.15, 0.2) is 6.61 Å². The summed E-state index contributed by atoms with van der Waals surface area (Å²) in [6, 6.07) is 0. The van der Waals surface area contributed by atoms with E-state index in [1.165, 1.54) is 18.4 Å². The Morgan fingerprint density at radius 3 is 2.71 bits per heavy atom. The largest absolute Gasteiger partial charge is 0.465 e. The van der Waals surface area contributed by atoms with Crippen molar-refractivity contribution in [2.24, 2.45) is 5.92 Å². The molecule has 24 heavy (non-hydrogen) atoms. The number of aryl methyl sites for hydroxylation is 1. The number of methoxy groups -OCH3 is 1. The Bertz CT molecular complexity index is 677. The van der Waals surface area contributed by atoms with Crippen LogP contribution in [0.5, 0.6) is 0 Å². The van der Waals surface area contributed by atoms with Gasteiger partial charge in [0.25, 0.3) is 5.91 Å². The summed E-state index contributed by atoms with van der Waals surface area (Å²) < 4.78 is 9.76. The van der Waals surface area contributed by atoms with E-state index in [0.29, 0.717) is 10.6 Å². The normalized spacial score (nSPS) is 16.0. The van der Waals surface area contributed by atoms with Crippen LogP contribution in [0.15, 0.2) is 12.2 Å². The van der Waals surface area contributed by atoms with Crippen LogP contribution in [-0.2, 0) is 19.1 Å². The molecule has 0 bridgehead atoms. The minimum Gasteiger partial charge on any atom is -0.465 e. The lowest BCUT2D eigenvalue weighted by atomic mass is 10.1. The Morgan fingerprint density at radius 1 is 1.33 bits per heavy atom. The van der Waals surface area contributed by atoms with Gasteiger partial charge in [-0.05, 0) is 38.2 Å². The van der Waals surface area contributed by atoms with Crippen molar-refractivity contribution in [2.45, 2.75) is 33.1 Å². The average Bonchev–Trinajstić information content (AvgIpc) is 3.14. The summed E-state index contributed by atoms with van der Waals surface area (Å²) in [5, 5.41) is 3.04. The lowest BCUT2D eigenvalue weighted by Gasteiger charge is -2.09. The van der Waals surface area contributed by atoms with Gasteiger partial charge < -0.3 is 14.8 Å². The molecule has 1 N–H and O–H groups in total. The van der Waals surface area contributed by atoms with Crippen LogP contribution in [0.4, 0.5) is 5.00 Å². The predicted octanol–water partition coefficient (Wildman–Crippen LogP) is 2.99. The molecule has 1 aliphatic carbocycles. The molecular formula is C17H21NO5S. The molecule has 1 aromatic rings. The van der Waals surface area contributed by atoms with Crippen molar-refractivity contribution >= 4 is 34.2 Å². The molecule has 2 rings (SSSR count). The van der Waals surface area contributed by atoms with E-state index in [0.717, 1.165) is 23.3 Å². The predicted molar refractivity (Wildman–Crippen MR) is 91.2 cm³/mol. The Morgan fingerprint density at radius 2 is 2.08 bits per heavy atom. The molecule has 6 nitrogen and oxygen atoms in total. The molecule has 0 aromatic carbocycles. The second-order valence-corrected chi connectivity index (χ2v) is 6.88. The van der Waals surface area contributed by atoms with Crippen LogP contribution in [0.1, 0.15) is 40.1 Å². The lowest BCUT2D eigenvalue weighted by molar-refractivity contribution is -0.147. The van der Waals surface area contributed by atoms with E-state index in [1.54, 1.807) is 6.92 Å². The molecule has 130 valence electrons. The van der Waals surface area contributed by atoms with Gasteiger partial charge in [0.05, 0.1) is 19.1 Å². The van der Waals surface area contributed by atoms with Crippen LogP contribution in [-0.4, -0.2) is 31.6 Å². The Kier molecular flexibility index (Phi) is 6.14. The summed E-state index contributed by atoms with van der Waals surface area (Å²) in [4.78, 5) is 36.5. The number of amides is 1. The standard InChI is InChI=1S/C17H21NO5S/c1-10-11(2)24-16(15(10)17(21)22-3)18-13(19)9-23-14(20)8-12-6-4-5-7-12/h4,6,12H,5,7-9H2,1-3H3,(H,18,19)/t12-/m0/s1. The van der Waals surface area contributed by atoms with Gasteiger partial charge in [0.1, 0.15) is 5.00 Å². The van der Waals surface area contributed by atoms with E-state index >= 15 is 0 Å². The fourth-order valence-corrected chi connectivity index (χ4v) is 3.57. The minimum absolute atomic E-state index is 0.203. The molecule has 1 aromatic heterocycles. The molecule has 0 fully saturated rings. The van der Waals surface area contributed by atoms with Gasteiger partial charge in [-0.25, -0.2) is 4.79 Å². The van der Waals surface area contributed by atoms with Gasteiger partial charge in [-0.2, -0.15) is 0 Å². The average molecular weight is 351 g/mol. The number of thiophene rings is 1. The van der Waals surface area contributed by atoms with E-state index in [2.05, 4.69) is 5.32 Å². The SMILES string of the molecule is COC(=O)c1c(NC(=O)COC(=O)C[C@H]2C=CCC2)sc(C)c1C. The summed E-state index contributed by atoms with van der Waals surface area (Å²) in [7, 11) is 1.29. The first kappa shape index (κ1) is 18.2. The van der Waals surface area contributed by atoms with Crippen molar-refractivity contribution < 1.29 is 23.9 Å². The zero-order chi connectivity index (χ0) is 17.7. The summed E-state index contributed by atoms with van der Waals surface area (Å²) in [6.07, 6.45) is 6.25. The first-order valence-corrected chi connectivity index (χ1v) is 8.54. The second kappa shape index (κ2) is 8.10. The second-order valence-electron chi connectivity index (χ2n) is 5.66. The number of ether oxygens (including phenoxy) is 2. The van der Waals surface area contributed by atoms with Crippen molar-refractivity contribution in [3.8, 4) is 0 Å². The zero-order valence-corrected chi connectivity index (χ0v) is 14.8. The third kappa shape index (κ3) is 4.44. The molecular weight excluding hydrogens is 330 g/mol. The number of hydrogen-bond donors (Lipinski definition) is 1. The van der Waals surface area contributed by atoms with Gasteiger partial charge in [-0.3, -0.25) is 9.59 Å². The monoisotopic (exact) mass is 351 g/mol. The maximum atomic E-state index is 12.0. The molecule has 0 radical (unpaired) electrons. The number of carbonyl (C=O) groups excluding carboxylic acids is 3. The van der Waals surface area contributed by atoms with E-state index in [1.807, 2.05) is 19.1 Å². The Balaban J connectivity index is 1.90. The highest BCUT2D eigenvalue weighted by Crippen LogP contribution is 2.32. The Hall–Kier alpha value is -2.15. The number of nitrogens with one attached hydrogen (secondary N) is 1. The minimum atomic E-state index is -0.503. The number of carbonyl (C=O) groups is 3. The number of anilines is 1. The molecule has 1 amide bonds. The summed E-state index contributed by atoms with van der Waals surface area (Å²) in [5.74, 6) is -1.17. The summed E-state index contributed by atoms with van der Waals surface area (Å²) in [6.45, 7) is 3.28. The zero-order valence-electron chi connectivity index (χ0n) is 14.0. The highest BCUT2D eigenvalue weighted by atomic mass is 32.1. The molecule has 7 heteroatoms. The number of hydrogen-bond acceptors (Lipinski definition) is 6. The molecule has 1 heterocycles. The summed E-state index contributed by atoms with van der Waals surface area (Å²) >= 11 is 1.29. The van der Waals surface area contributed by atoms with Crippen LogP contribution >= 0.6 is 11.3 Å². The topological polar surface area (TPSA) is 81.7 Å². The van der Waals surface area contributed by atoms with Gasteiger partial charge in [0.2, 0.25) is 0 Å². The third-order valence-corrected chi connectivity index (χ3v) is 5.06. The van der Waals surface area contributed by atoms with Gasteiger partial charge >= 0.3 is 11.9 Å². The van der Waals surface area contributed by atoms with Crippen molar-refractivity contribution in [1.82, 2.24) is 0 Å². The van der Waals surface area contributed by atoms with E-state index < -0.39 is 17.8 Å². The van der Waals surface area contributed by atoms with E-state index in [9.17, 15) is 14.4 Å². The van der Waals surface area contributed by atoms with Crippen LogP contribution in [0.3, 0.4) is 0 Å². The molecule has 0 saturated heterocycles. The van der Waals surface area contributed by atoms with Crippen molar-refractivity contribution in [3.05, 3.63) is 28.2 Å². The van der Waals surface area contributed by atoms with Crippen LogP contribution in [0.2, 0.25) is 0 Å². The maximum absolute atomic E-state index is 12.0. The number of esters is 2.